The van der Waals surface area contributed by atoms with Crippen LogP contribution in [0.25, 0.3) is 10.2 Å². The van der Waals surface area contributed by atoms with Crippen LogP contribution in [0.1, 0.15) is 26.2 Å². The molecule has 3 rings (SSSR count). The van der Waals surface area contributed by atoms with Gasteiger partial charge in [0.25, 0.3) is 0 Å². The summed E-state index contributed by atoms with van der Waals surface area (Å²) in [5, 5.41) is 12.1. The van der Waals surface area contributed by atoms with Crippen LogP contribution in [0.2, 0.25) is 0 Å². The Morgan fingerprint density at radius 2 is 2.43 bits per heavy atom. The zero-order chi connectivity index (χ0) is 14.8. The molecule has 1 N–H and O–H groups in total. The molecule has 0 spiro atoms. The van der Waals surface area contributed by atoms with Crippen molar-refractivity contribution in [3.8, 4) is 0 Å². The van der Waals surface area contributed by atoms with Gasteiger partial charge in [0.15, 0.2) is 0 Å². The molecule has 21 heavy (non-hydrogen) atoms. The van der Waals surface area contributed by atoms with Crippen molar-refractivity contribution in [2.45, 2.75) is 26.2 Å². The van der Waals surface area contributed by atoms with Crippen molar-refractivity contribution in [1.29, 1.82) is 0 Å². The predicted molar refractivity (Wildman–Crippen MR) is 83.8 cm³/mol. The molecule has 3 heterocycles. The predicted octanol–water partition coefficient (Wildman–Crippen LogP) is 3.02. The van der Waals surface area contributed by atoms with Crippen LogP contribution >= 0.6 is 11.3 Å². The standard InChI is InChI=1S/C15H19N3O2S/c1-10(7-13(19)20)11-3-2-5-18(8-11)14-12-4-6-21-15(12)17-9-16-14/h4,6,9-11H,2-3,5,7-8H2,1H3,(H,19,20). The van der Waals surface area contributed by atoms with Crippen LogP contribution in [0.4, 0.5) is 5.82 Å². The first-order valence-electron chi connectivity index (χ1n) is 7.30. The highest BCUT2D eigenvalue weighted by molar-refractivity contribution is 7.16. The van der Waals surface area contributed by atoms with Crippen LogP contribution in [-0.2, 0) is 4.79 Å². The summed E-state index contributed by atoms with van der Waals surface area (Å²) in [4.78, 5) is 23.0. The van der Waals surface area contributed by atoms with Gasteiger partial charge < -0.3 is 10.0 Å². The van der Waals surface area contributed by atoms with Crippen molar-refractivity contribution in [1.82, 2.24) is 9.97 Å². The minimum Gasteiger partial charge on any atom is -0.481 e. The molecule has 5 nitrogen and oxygen atoms in total. The molecular weight excluding hydrogens is 286 g/mol. The second-order valence-electron chi connectivity index (χ2n) is 5.76. The number of rotatable bonds is 4. The maximum atomic E-state index is 10.9. The van der Waals surface area contributed by atoms with Gasteiger partial charge in [-0.15, -0.1) is 11.3 Å². The molecule has 2 aromatic heterocycles. The summed E-state index contributed by atoms with van der Waals surface area (Å²) in [5.41, 5.74) is 0. The number of anilines is 1. The van der Waals surface area contributed by atoms with Crippen LogP contribution in [0.3, 0.4) is 0 Å². The smallest absolute Gasteiger partial charge is 0.303 e. The summed E-state index contributed by atoms with van der Waals surface area (Å²) in [7, 11) is 0. The van der Waals surface area contributed by atoms with Gasteiger partial charge in [-0.3, -0.25) is 4.79 Å². The summed E-state index contributed by atoms with van der Waals surface area (Å²) in [6.45, 7) is 3.91. The fraction of sp³-hybridized carbons (Fsp3) is 0.533. The summed E-state index contributed by atoms with van der Waals surface area (Å²) in [5.74, 6) is 0.902. The number of hydrogen-bond acceptors (Lipinski definition) is 5. The van der Waals surface area contributed by atoms with E-state index in [1.807, 2.05) is 12.3 Å². The normalized spacial score (nSPS) is 20.6. The highest BCUT2D eigenvalue weighted by Crippen LogP contribution is 2.32. The van der Waals surface area contributed by atoms with Gasteiger partial charge >= 0.3 is 5.97 Å². The monoisotopic (exact) mass is 305 g/mol. The van der Waals surface area contributed by atoms with E-state index < -0.39 is 5.97 Å². The highest BCUT2D eigenvalue weighted by atomic mass is 32.1. The molecule has 0 aromatic carbocycles. The minimum absolute atomic E-state index is 0.199. The van der Waals surface area contributed by atoms with Crippen molar-refractivity contribution in [2.75, 3.05) is 18.0 Å². The van der Waals surface area contributed by atoms with Gasteiger partial charge in [0.2, 0.25) is 0 Å². The molecule has 2 atom stereocenters. The average molecular weight is 305 g/mol. The minimum atomic E-state index is -0.707. The first-order valence-corrected chi connectivity index (χ1v) is 8.18. The Labute approximate surface area is 127 Å². The molecule has 0 radical (unpaired) electrons. The number of fused-ring (bicyclic) bond motifs is 1. The maximum absolute atomic E-state index is 10.9. The fourth-order valence-electron chi connectivity index (χ4n) is 3.14. The average Bonchev–Trinajstić information content (AvgIpc) is 2.95. The summed E-state index contributed by atoms with van der Waals surface area (Å²) >= 11 is 1.63. The molecule has 2 aromatic rings. The molecule has 1 fully saturated rings. The van der Waals surface area contributed by atoms with Gasteiger partial charge in [-0.25, -0.2) is 9.97 Å². The number of nitrogens with zero attached hydrogens (tertiary/aromatic N) is 3. The number of aromatic nitrogens is 2. The molecule has 1 saturated heterocycles. The van der Waals surface area contributed by atoms with Gasteiger partial charge in [-0.05, 0) is 36.1 Å². The van der Waals surface area contributed by atoms with Crippen molar-refractivity contribution in [3.05, 3.63) is 17.8 Å². The van der Waals surface area contributed by atoms with Crippen LogP contribution in [-0.4, -0.2) is 34.1 Å². The molecule has 1 aliphatic rings. The quantitative estimate of drug-likeness (QED) is 0.940. The third-order valence-electron chi connectivity index (χ3n) is 4.30. The third kappa shape index (κ3) is 3.00. The number of hydrogen-bond donors (Lipinski definition) is 1. The number of piperidine rings is 1. The van der Waals surface area contributed by atoms with Gasteiger partial charge in [0.05, 0.1) is 5.39 Å². The molecule has 112 valence electrons. The Bertz CT molecular complexity index is 643. The Kier molecular flexibility index (Phi) is 4.05. The maximum Gasteiger partial charge on any atom is 0.303 e. The van der Waals surface area contributed by atoms with Crippen LogP contribution in [0.15, 0.2) is 17.8 Å². The number of carboxylic acid groups (broad SMARTS) is 1. The fourth-order valence-corrected chi connectivity index (χ4v) is 3.87. The molecular formula is C15H19N3O2S. The third-order valence-corrected chi connectivity index (χ3v) is 5.12. The van der Waals surface area contributed by atoms with E-state index in [1.165, 1.54) is 0 Å². The first kappa shape index (κ1) is 14.3. The van der Waals surface area contributed by atoms with E-state index in [9.17, 15) is 4.79 Å². The van der Waals surface area contributed by atoms with Crippen molar-refractivity contribution in [2.24, 2.45) is 11.8 Å². The van der Waals surface area contributed by atoms with Gasteiger partial charge in [-0.2, -0.15) is 0 Å². The number of aliphatic carboxylic acids is 1. The number of carbonyl (C=O) groups is 1. The summed E-state index contributed by atoms with van der Waals surface area (Å²) < 4.78 is 0. The van der Waals surface area contributed by atoms with E-state index >= 15 is 0 Å². The van der Waals surface area contributed by atoms with Crippen LogP contribution < -0.4 is 4.90 Å². The lowest BCUT2D eigenvalue weighted by Gasteiger charge is -2.36. The molecule has 0 amide bonds. The van der Waals surface area contributed by atoms with Crippen molar-refractivity contribution < 1.29 is 9.90 Å². The van der Waals surface area contributed by atoms with E-state index in [1.54, 1.807) is 17.7 Å². The van der Waals surface area contributed by atoms with Crippen molar-refractivity contribution in [3.63, 3.8) is 0 Å². The van der Waals surface area contributed by atoms with E-state index in [0.29, 0.717) is 5.92 Å². The number of carboxylic acids is 1. The SMILES string of the molecule is CC(CC(=O)O)C1CCCN(c2ncnc3sccc23)C1. The Hall–Kier alpha value is -1.69. The number of thiophene rings is 1. The molecule has 1 aliphatic heterocycles. The Morgan fingerprint density at radius 1 is 1.57 bits per heavy atom. The molecule has 6 heteroatoms. The van der Waals surface area contributed by atoms with Gasteiger partial charge in [0, 0.05) is 19.5 Å². The summed E-state index contributed by atoms with van der Waals surface area (Å²) in [6.07, 6.45) is 4.06. The lowest BCUT2D eigenvalue weighted by molar-refractivity contribution is -0.138. The van der Waals surface area contributed by atoms with Gasteiger partial charge in [-0.1, -0.05) is 6.92 Å². The second kappa shape index (κ2) is 5.97. The van der Waals surface area contributed by atoms with E-state index in [4.69, 9.17) is 5.11 Å². The highest BCUT2D eigenvalue weighted by Gasteiger charge is 2.27. The lowest BCUT2D eigenvalue weighted by atomic mass is 9.84. The Morgan fingerprint density at radius 3 is 3.24 bits per heavy atom. The molecule has 0 aliphatic carbocycles. The Balaban J connectivity index is 1.80. The van der Waals surface area contributed by atoms with Crippen LogP contribution in [0.5, 0.6) is 0 Å². The van der Waals surface area contributed by atoms with Crippen LogP contribution in [0, 0.1) is 11.8 Å². The molecule has 2 unspecified atom stereocenters. The van der Waals surface area contributed by atoms with Gasteiger partial charge in [0.1, 0.15) is 17.0 Å². The topological polar surface area (TPSA) is 66.3 Å². The molecule has 0 bridgehead atoms. The lowest BCUT2D eigenvalue weighted by Crippen LogP contribution is -2.38. The second-order valence-corrected chi connectivity index (χ2v) is 6.65. The largest absolute Gasteiger partial charge is 0.481 e. The van der Waals surface area contributed by atoms with E-state index in [2.05, 4.69) is 20.9 Å². The summed E-state index contributed by atoms with van der Waals surface area (Å²) in [6, 6.07) is 2.07. The zero-order valence-corrected chi connectivity index (χ0v) is 12.8. The van der Waals surface area contributed by atoms with Crippen molar-refractivity contribution >= 4 is 33.3 Å². The first-order chi connectivity index (χ1) is 10.1. The van der Waals surface area contributed by atoms with E-state index in [0.717, 1.165) is 42.0 Å². The zero-order valence-electron chi connectivity index (χ0n) is 12.0. The molecule has 0 saturated carbocycles. The van der Waals surface area contributed by atoms with E-state index in [-0.39, 0.29) is 12.3 Å².